The van der Waals surface area contributed by atoms with Crippen LogP contribution >= 0.6 is 0 Å². The molecule has 0 aliphatic carbocycles. The van der Waals surface area contributed by atoms with Gasteiger partial charge in [-0.15, -0.1) is 5.10 Å². The Morgan fingerprint density at radius 1 is 1.60 bits per heavy atom. The van der Waals surface area contributed by atoms with Gasteiger partial charge in [0, 0.05) is 6.04 Å². The first-order chi connectivity index (χ1) is 6.99. The van der Waals surface area contributed by atoms with E-state index in [0.29, 0.717) is 0 Å². The van der Waals surface area contributed by atoms with Gasteiger partial charge in [-0.2, -0.15) is 0 Å². The van der Waals surface area contributed by atoms with Gasteiger partial charge in [0.2, 0.25) is 0 Å². The third-order valence-corrected chi connectivity index (χ3v) is 1.49. The van der Waals surface area contributed by atoms with Crippen LogP contribution in [0.5, 0.6) is 0 Å². The Morgan fingerprint density at radius 3 is 2.80 bits per heavy atom. The largest absolute Gasteiger partial charge is 0.480 e. The fourth-order valence-electron chi connectivity index (χ4n) is 0.954. The molecule has 0 bridgehead atoms. The van der Waals surface area contributed by atoms with Gasteiger partial charge < -0.3 is 10.4 Å². The highest BCUT2D eigenvalue weighted by atomic mass is 16.4. The molecule has 0 aromatic carbocycles. The van der Waals surface area contributed by atoms with Gasteiger partial charge in [0.1, 0.15) is 6.54 Å². The molecule has 1 aromatic heterocycles. The van der Waals surface area contributed by atoms with Crippen molar-refractivity contribution < 1.29 is 14.7 Å². The third-order valence-electron chi connectivity index (χ3n) is 1.49. The van der Waals surface area contributed by atoms with Crippen molar-refractivity contribution in [2.45, 2.75) is 26.4 Å². The van der Waals surface area contributed by atoms with E-state index < -0.39 is 5.97 Å². The average Bonchev–Trinajstić information content (AvgIpc) is 2.50. The lowest BCUT2D eigenvalue weighted by molar-refractivity contribution is -0.137. The Morgan fingerprint density at radius 2 is 2.27 bits per heavy atom. The van der Waals surface area contributed by atoms with Crippen LogP contribution in [0.3, 0.4) is 0 Å². The Labute approximate surface area is 86.1 Å². The quantitative estimate of drug-likeness (QED) is 0.701. The standard InChI is InChI=1S/C8H12N4O3/c1-5(2)9-8(15)6-3-12(11-10-6)4-7(13)14/h3,5H,4H2,1-2H3,(H,9,15)(H,13,14). The summed E-state index contributed by atoms with van der Waals surface area (Å²) in [6.45, 7) is 3.33. The van der Waals surface area contributed by atoms with Gasteiger partial charge in [-0.05, 0) is 13.8 Å². The second-order valence-electron chi connectivity index (χ2n) is 3.32. The number of hydrogen-bond acceptors (Lipinski definition) is 4. The van der Waals surface area contributed by atoms with E-state index in [-0.39, 0.29) is 24.2 Å². The number of nitrogens with one attached hydrogen (secondary N) is 1. The van der Waals surface area contributed by atoms with Crippen LogP contribution in [0, 0.1) is 0 Å². The number of hydrogen-bond donors (Lipinski definition) is 2. The number of carboxylic acid groups (broad SMARTS) is 1. The molecule has 1 amide bonds. The van der Waals surface area contributed by atoms with E-state index in [1.807, 2.05) is 13.8 Å². The van der Waals surface area contributed by atoms with E-state index in [0.717, 1.165) is 4.68 Å². The molecule has 0 aliphatic heterocycles. The summed E-state index contributed by atoms with van der Waals surface area (Å²) in [5.41, 5.74) is 0.116. The lowest BCUT2D eigenvalue weighted by Crippen LogP contribution is -2.30. The Kier molecular flexibility index (Phi) is 3.37. The molecule has 1 rings (SSSR count). The van der Waals surface area contributed by atoms with Crippen molar-refractivity contribution in [3.8, 4) is 0 Å². The van der Waals surface area contributed by atoms with Crippen molar-refractivity contribution in [3.05, 3.63) is 11.9 Å². The van der Waals surface area contributed by atoms with Crippen LogP contribution in [-0.2, 0) is 11.3 Å². The highest BCUT2D eigenvalue weighted by molar-refractivity contribution is 5.92. The highest BCUT2D eigenvalue weighted by Gasteiger charge is 2.12. The molecule has 0 aliphatic rings. The molecule has 1 heterocycles. The number of carbonyl (C=O) groups is 2. The smallest absolute Gasteiger partial charge is 0.325 e. The van der Waals surface area contributed by atoms with Crippen molar-refractivity contribution in [1.82, 2.24) is 20.3 Å². The van der Waals surface area contributed by atoms with Crippen molar-refractivity contribution in [3.63, 3.8) is 0 Å². The minimum absolute atomic E-state index is 0.00197. The summed E-state index contributed by atoms with van der Waals surface area (Å²) in [5, 5.41) is 18.2. The Hall–Kier alpha value is -1.92. The molecule has 0 radical (unpaired) electrons. The summed E-state index contributed by atoms with van der Waals surface area (Å²) in [6.07, 6.45) is 1.30. The number of aliphatic carboxylic acids is 1. The predicted molar refractivity (Wildman–Crippen MR) is 50.3 cm³/mol. The van der Waals surface area contributed by atoms with Crippen LogP contribution in [0.2, 0.25) is 0 Å². The van der Waals surface area contributed by atoms with Gasteiger partial charge in [-0.25, -0.2) is 4.68 Å². The summed E-state index contributed by atoms with van der Waals surface area (Å²) in [4.78, 5) is 21.7. The minimum Gasteiger partial charge on any atom is -0.480 e. The van der Waals surface area contributed by atoms with E-state index in [1.165, 1.54) is 6.20 Å². The van der Waals surface area contributed by atoms with Crippen molar-refractivity contribution in [1.29, 1.82) is 0 Å². The number of nitrogens with zero attached hydrogens (tertiary/aromatic N) is 3. The molecule has 15 heavy (non-hydrogen) atoms. The predicted octanol–water partition coefficient (Wildman–Crippen LogP) is -0.499. The number of rotatable bonds is 4. The van der Waals surface area contributed by atoms with Crippen LogP contribution in [0.15, 0.2) is 6.20 Å². The summed E-state index contributed by atoms with van der Waals surface area (Å²) < 4.78 is 1.09. The van der Waals surface area contributed by atoms with E-state index in [1.54, 1.807) is 0 Å². The molecule has 0 atom stereocenters. The van der Waals surface area contributed by atoms with Crippen molar-refractivity contribution >= 4 is 11.9 Å². The lowest BCUT2D eigenvalue weighted by Gasteiger charge is -2.04. The zero-order chi connectivity index (χ0) is 11.4. The van der Waals surface area contributed by atoms with Gasteiger partial charge >= 0.3 is 5.97 Å². The summed E-state index contributed by atoms with van der Waals surface area (Å²) in [5.74, 6) is -1.39. The molecular weight excluding hydrogens is 200 g/mol. The molecular formula is C8H12N4O3. The summed E-state index contributed by atoms with van der Waals surface area (Å²) in [6, 6.07) is 0.00197. The van der Waals surface area contributed by atoms with Crippen LogP contribution < -0.4 is 5.32 Å². The molecule has 1 aromatic rings. The van der Waals surface area contributed by atoms with E-state index in [2.05, 4.69) is 15.6 Å². The maximum absolute atomic E-state index is 11.4. The maximum Gasteiger partial charge on any atom is 0.325 e. The topological polar surface area (TPSA) is 97.1 Å². The van der Waals surface area contributed by atoms with Crippen molar-refractivity contribution in [2.75, 3.05) is 0 Å². The van der Waals surface area contributed by atoms with Crippen LogP contribution in [0.1, 0.15) is 24.3 Å². The molecule has 7 heteroatoms. The number of carbonyl (C=O) groups excluding carboxylic acids is 1. The van der Waals surface area contributed by atoms with Gasteiger partial charge in [-0.1, -0.05) is 5.21 Å². The second kappa shape index (κ2) is 4.54. The Bertz CT molecular complexity index is 372. The monoisotopic (exact) mass is 212 g/mol. The first-order valence-electron chi connectivity index (χ1n) is 4.42. The van der Waals surface area contributed by atoms with Crippen LogP contribution in [-0.4, -0.2) is 38.0 Å². The zero-order valence-corrected chi connectivity index (χ0v) is 8.47. The normalized spacial score (nSPS) is 10.3. The van der Waals surface area contributed by atoms with Crippen LogP contribution in [0.25, 0.3) is 0 Å². The number of amides is 1. The lowest BCUT2D eigenvalue weighted by atomic mass is 10.3. The molecule has 82 valence electrons. The van der Waals surface area contributed by atoms with Gasteiger partial charge in [0.05, 0.1) is 6.20 Å². The first-order valence-corrected chi connectivity index (χ1v) is 4.42. The van der Waals surface area contributed by atoms with Crippen LogP contribution in [0.4, 0.5) is 0 Å². The molecule has 0 fully saturated rings. The Balaban J connectivity index is 2.67. The SMILES string of the molecule is CC(C)NC(=O)c1cn(CC(=O)O)nn1. The summed E-state index contributed by atoms with van der Waals surface area (Å²) >= 11 is 0. The second-order valence-corrected chi connectivity index (χ2v) is 3.32. The number of aromatic nitrogens is 3. The molecule has 0 unspecified atom stereocenters. The molecule has 0 spiro atoms. The van der Waals surface area contributed by atoms with Crippen molar-refractivity contribution in [2.24, 2.45) is 0 Å². The molecule has 0 saturated heterocycles. The molecule has 0 saturated carbocycles. The van der Waals surface area contributed by atoms with E-state index in [9.17, 15) is 9.59 Å². The van der Waals surface area contributed by atoms with E-state index in [4.69, 9.17) is 5.11 Å². The van der Waals surface area contributed by atoms with Gasteiger partial charge in [0.15, 0.2) is 5.69 Å². The van der Waals surface area contributed by atoms with Gasteiger partial charge in [-0.3, -0.25) is 9.59 Å². The summed E-state index contributed by atoms with van der Waals surface area (Å²) in [7, 11) is 0. The molecule has 7 nitrogen and oxygen atoms in total. The zero-order valence-electron chi connectivity index (χ0n) is 8.47. The fourth-order valence-corrected chi connectivity index (χ4v) is 0.954. The average molecular weight is 212 g/mol. The fraction of sp³-hybridized carbons (Fsp3) is 0.500. The maximum atomic E-state index is 11.4. The van der Waals surface area contributed by atoms with Gasteiger partial charge in [0.25, 0.3) is 5.91 Å². The minimum atomic E-state index is -1.03. The third kappa shape index (κ3) is 3.37. The van der Waals surface area contributed by atoms with E-state index >= 15 is 0 Å². The first kappa shape index (κ1) is 11.2. The number of carboxylic acids is 1. The highest BCUT2D eigenvalue weighted by Crippen LogP contribution is 1.94. The molecule has 2 N–H and O–H groups in total.